The molecule has 19 heavy (non-hydrogen) atoms. The van der Waals surface area contributed by atoms with E-state index in [1.807, 2.05) is 11.0 Å². The van der Waals surface area contributed by atoms with E-state index in [4.69, 9.17) is 4.42 Å². The molecule has 2 atom stereocenters. The van der Waals surface area contributed by atoms with E-state index in [-0.39, 0.29) is 23.7 Å². The van der Waals surface area contributed by atoms with Gasteiger partial charge < -0.3 is 14.6 Å². The monoisotopic (exact) mass is 262 g/mol. The third-order valence-corrected chi connectivity index (χ3v) is 3.88. The highest BCUT2D eigenvalue weighted by Crippen LogP contribution is 2.40. The summed E-state index contributed by atoms with van der Waals surface area (Å²) >= 11 is 0. The zero-order valence-corrected chi connectivity index (χ0v) is 10.8. The van der Waals surface area contributed by atoms with Gasteiger partial charge >= 0.3 is 0 Å². The Morgan fingerprint density at radius 2 is 2.11 bits per heavy atom. The molecule has 5 nitrogen and oxygen atoms in total. The van der Waals surface area contributed by atoms with E-state index >= 15 is 0 Å². The number of likely N-dealkylation sites (tertiary alicyclic amines) is 1. The number of hydrogen-bond donors (Lipinski definition) is 1. The fraction of sp³-hybridized carbons (Fsp3) is 0.571. The van der Waals surface area contributed by atoms with Crippen LogP contribution in [0.15, 0.2) is 22.8 Å². The first-order valence-corrected chi connectivity index (χ1v) is 6.84. The molecule has 0 bridgehead atoms. The molecule has 3 rings (SSSR count). The molecule has 1 saturated heterocycles. The largest absolute Gasteiger partial charge is 0.467 e. The van der Waals surface area contributed by atoms with Gasteiger partial charge in [0.2, 0.25) is 11.8 Å². The van der Waals surface area contributed by atoms with Crippen molar-refractivity contribution in [3.05, 3.63) is 24.2 Å². The predicted molar refractivity (Wildman–Crippen MR) is 68.0 cm³/mol. The van der Waals surface area contributed by atoms with Crippen molar-refractivity contribution in [2.75, 3.05) is 13.1 Å². The molecule has 0 aromatic carbocycles. The molecular weight excluding hydrogens is 244 g/mol. The number of carbonyl (C=O) groups is 2. The Hall–Kier alpha value is -1.78. The zero-order valence-electron chi connectivity index (χ0n) is 10.8. The zero-order chi connectivity index (χ0) is 13.2. The Bertz CT molecular complexity index is 463. The minimum Gasteiger partial charge on any atom is -0.467 e. The molecule has 2 fully saturated rings. The van der Waals surface area contributed by atoms with E-state index < -0.39 is 0 Å². The normalized spacial score (nSPS) is 25.4. The van der Waals surface area contributed by atoms with E-state index in [1.165, 1.54) is 0 Å². The summed E-state index contributed by atoms with van der Waals surface area (Å²) in [4.78, 5) is 25.9. The van der Waals surface area contributed by atoms with Crippen molar-refractivity contribution in [2.24, 2.45) is 11.8 Å². The van der Waals surface area contributed by atoms with Gasteiger partial charge in [-0.25, -0.2) is 0 Å². The standard InChI is InChI=1S/C14H18N2O3/c17-13(15-9-10-4-3-7-19-10)11-8-12(11)14(18)16-5-1-2-6-16/h3-4,7,11-12H,1-2,5-6,8-9H2,(H,15,17). The minimum atomic E-state index is -0.136. The van der Waals surface area contributed by atoms with Gasteiger partial charge in [-0.05, 0) is 31.4 Å². The Kier molecular flexibility index (Phi) is 3.27. The first kappa shape index (κ1) is 12.3. The van der Waals surface area contributed by atoms with Crippen LogP contribution in [-0.4, -0.2) is 29.8 Å². The fourth-order valence-corrected chi connectivity index (χ4v) is 2.65. The number of nitrogens with zero attached hydrogens (tertiary/aromatic N) is 1. The quantitative estimate of drug-likeness (QED) is 0.885. The summed E-state index contributed by atoms with van der Waals surface area (Å²) in [5.74, 6) is 0.638. The number of amides is 2. The molecule has 0 radical (unpaired) electrons. The van der Waals surface area contributed by atoms with Crippen LogP contribution >= 0.6 is 0 Å². The second-order valence-corrected chi connectivity index (χ2v) is 5.28. The van der Waals surface area contributed by atoms with E-state index in [2.05, 4.69) is 5.32 Å². The highest BCUT2D eigenvalue weighted by Gasteiger charge is 2.49. The molecular formula is C14H18N2O3. The smallest absolute Gasteiger partial charge is 0.226 e. The van der Waals surface area contributed by atoms with Crippen LogP contribution < -0.4 is 5.32 Å². The number of nitrogens with one attached hydrogen (secondary N) is 1. The third kappa shape index (κ3) is 2.64. The molecule has 1 aromatic rings. The lowest BCUT2D eigenvalue weighted by atomic mass is 10.2. The van der Waals surface area contributed by atoms with Gasteiger partial charge in [-0.3, -0.25) is 9.59 Å². The van der Waals surface area contributed by atoms with Crippen LogP contribution in [0.3, 0.4) is 0 Å². The van der Waals surface area contributed by atoms with Crippen molar-refractivity contribution in [2.45, 2.75) is 25.8 Å². The Balaban J connectivity index is 1.46. The molecule has 102 valence electrons. The lowest BCUT2D eigenvalue weighted by molar-refractivity contribution is -0.133. The van der Waals surface area contributed by atoms with Crippen LogP contribution in [0.5, 0.6) is 0 Å². The first-order chi connectivity index (χ1) is 9.25. The molecule has 2 amide bonds. The van der Waals surface area contributed by atoms with E-state index in [9.17, 15) is 9.59 Å². The molecule has 1 N–H and O–H groups in total. The Morgan fingerprint density at radius 1 is 1.32 bits per heavy atom. The minimum absolute atomic E-state index is 0.0334. The number of hydrogen-bond acceptors (Lipinski definition) is 3. The average molecular weight is 262 g/mol. The van der Waals surface area contributed by atoms with Gasteiger partial charge in [0.15, 0.2) is 0 Å². The molecule has 0 spiro atoms. The maximum atomic E-state index is 12.1. The van der Waals surface area contributed by atoms with Crippen molar-refractivity contribution in [1.82, 2.24) is 10.2 Å². The average Bonchev–Trinajstić information content (AvgIpc) is 2.85. The fourth-order valence-electron chi connectivity index (χ4n) is 2.65. The molecule has 5 heteroatoms. The molecule has 1 aliphatic heterocycles. The molecule has 2 heterocycles. The number of furan rings is 1. The van der Waals surface area contributed by atoms with Gasteiger partial charge in [0.25, 0.3) is 0 Å². The van der Waals surface area contributed by atoms with Crippen LogP contribution in [0.25, 0.3) is 0 Å². The molecule has 2 unspecified atom stereocenters. The Labute approximate surface area is 111 Å². The SMILES string of the molecule is O=C(NCc1ccco1)C1CC1C(=O)N1CCCC1. The highest BCUT2D eigenvalue weighted by molar-refractivity contribution is 5.92. The van der Waals surface area contributed by atoms with Crippen molar-refractivity contribution in [1.29, 1.82) is 0 Å². The second-order valence-electron chi connectivity index (χ2n) is 5.28. The molecule has 1 saturated carbocycles. The molecule has 1 aliphatic carbocycles. The van der Waals surface area contributed by atoms with E-state index in [0.717, 1.165) is 31.7 Å². The third-order valence-electron chi connectivity index (χ3n) is 3.88. The van der Waals surface area contributed by atoms with Crippen LogP contribution in [0, 0.1) is 11.8 Å². The topological polar surface area (TPSA) is 62.6 Å². The van der Waals surface area contributed by atoms with Crippen molar-refractivity contribution < 1.29 is 14.0 Å². The van der Waals surface area contributed by atoms with Crippen LogP contribution in [0.1, 0.15) is 25.0 Å². The van der Waals surface area contributed by atoms with E-state index in [1.54, 1.807) is 12.3 Å². The van der Waals surface area contributed by atoms with Crippen molar-refractivity contribution in [3.8, 4) is 0 Å². The van der Waals surface area contributed by atoms with Gasteiger partial charge in [0, 0.05) is 13.1 Å². The van der Waals surface area contributed by atoms with Gasteiger partial charge in [-0.1, -0.05) is 0 Å². The van der Waals surface area contributed by atoms with E-state index in [0.29, 0.717) is 13.0 Å². The lowest BCUT2D eigenvalue weighted by Gasteiger charge is -2.14. The first-order valence-electron chi connectivity index (χ1n) is 6.84. The molecule has 1 aromatic heterocycles. The number of rotatable bonds is 4. The van der Waals surface area contributed by atoms with Gasteiger partial charge in [0.1, 0.15) is 5.76 Å². The second kappa shape index (κ2) is 5.07. The van der Waals surface area contributed by atoms with Crippen LogP contribution in [-0.2, 0) is 16.1 Å². The summed E-state index contributed by atoms with van der Waals surface area (Å²) in [5, 5.41) is 2.82. The summed E-state index contributed by atoms with van der Waals surface area (Å²) in [5.41, 5.74) is 0. The summed E-state index contributed by atoms with van der Waals surface area (Å²) in [6.45, 7) is 2.11. The Morgan fingerprint density at radius 3 is 2.79 bits per heavy atom. The number of carbonyl (C=O) groups excluding carboxylic acids is 2. The van der Waals surface area contributed by atoms with Gasteiger partial charge in [-0.15, -0.1) is 0 Å². The summed E-state index contributed by atoms with van der Waals surface area (Å²) in [6, 6.07) is 3.61. The highest BCUT2D eigenvalue weighted by atomic mass is 16.3. The maximum absolute atomic E-state index is 12.1. The van der Waals surface area contributed by atoms with Crippen LogP contribution in [0.2, 0.25) is 0 Å². The van der Waals surface area contributed by atoms with Gasteiger partial charge in [0.05, 0.1) is 24.6 Å². The van der Waals surface area contributed by atoms with Gasteiger partial charge in [-0.2, -0.15) is 0 Å². The molecule has 2 aliphatic rings. The summed E-state index contributed by atoms with van der Waals surface area (Å²) in [7, 11) is 0. The predicted octanol–water partition coefficient (Wildman–Crippen LogP) is 1.15. The van der Waals surface area contributed by atoms with Crippen LogP contribution in [0.4, 0.5) is 0 Å². The van der Waals surface area contributed by atoms with Crippen molar-refractivity contribution in [3.63, 3.8) is 0 Å². The summed E-state index contributed by atoms with van der Waals surface area (Å²) < 4.78 is 5.15. The summed E-state index contributed by atoms with van der Waals surface area (Å²) in [6.07, 6.45) is 4.46. The van der Waals surface area contributed by atoms with Crippen molar-refractivity contribution >= 4 is 11.8 Å². The maximum Gasteiger partial charge on any atom is 0.226 e. The lowest BCUT2D eigenvalue weighted by Crippen LogP contribution is -2.32.